The number of carbonyl (C=O) groups excluding carboxylic acids is 1. The lowest BCUT2D eigenvalue weighted by Gasteiger charge is -2.34. The Kier molecular flexibility index (Phi) is 6.03. The molecule has 0 amide bonds. The number of hydrogen-bond acceptors (Lipinski definition) is 7. The Bertz CT molecular complexity index is 1290. The van der Waals surface area contributed by atoms with Crippen LogP contribution in [0.4, 0.5) is 0 Å². The van der Waals surface area contributed by atoms with Crippen molar-refractivity contribution >= 4 is 27.9 Å². The van der Waals surface area contributed by atoms with E-state index >= 15 is 0 Å². The molecule has 170 valence electrons. The average molecular weight is 461 g/mol. The van der Waals surface area contributed by atoms with E-state index in [1.165, 1.54) is 0 Å². The number of rotatable bonds is 6. The van der Waals surface area contributed by atoms with Crippen LogP contribution in [0.15, 0.2) is 42.9 Å². The van der Waals surface area contributed by atoms with Crippen LogP contribution < -0.4 is 0 Å². The van der Waals surface area contributed by atoms with Crippen molar-refractivity contribution in [3.05, 3.63) is 59.1 Å². The third kappa shape index (κ3) is 4.72. The molecule has 0 radical (unpaired) electrons. The smallest absolute Gasteiger partial charge is 0.171 e. The van der Waals surface area contributed by atoms with E-state index in [2.05, 4.69) is 45.1 Å². The van der Waals surface area contributed by atoms with E-state index in [0.29, 0.717) is 17.6 Å². The van der Waals surface area contributed by atoms with Crippen molar-refractivity contribution in [2.75, 3.05) is 13.1 Å². The third-order valence-corrected chi connectivity index (χ3v) is 7.31. The molecule has 4 heterocycles. The quantitative estimate of drug-likeness (QED) is 0.387. The van der Waals surface area contributed by atoms with Gasteiger partial charge < -0.3 is 4.90 Å². The van der Waals surface area contributed by atoms with Crippen LogP contribution in [0, 0.1) is 6.92 Å². The molecule has 0 saturated carbocycles. The number of carbonyl (C=O) groups is 1. The molecular weight excluding hydrogens is 432 g/mol. The molecular formula is C25H28N6OS. The zero-order valence-corrected chi connectivity index (χ0v) is 20.0. The number of piperidine rings is 1. The summed E-state index contributed by atoms with van der Waals surface area (Å²) < 4.78 is 1.98. The first-order chi connectivity index (χ1) is 16.0. The van der Waals surface area contributed by atoms with Crippen LogP contribution in [0.25, 0.3) is 21.3 Å². The van der Waals surface area contributed by atoms with Crippen molar-refractivity contribution in [1.29, 1.82) is 0 Å². The average Bonchev–Trinajstić information content (AvgIpc) is 3.48. The summed E-state index contributed by atoms with van der Waals surface area (Å²) in [5.74, 6) is 0.0450. The normalized spacial score (nSPS) is 15.5. The van der Waals surface area contributed by atoms with E-state index < -0.39 is 0 Å². The summed E-state index contributed by atoms with van der Waals surface area (Å²) in [6.07, 6.45) is 7.84. The number of aromatic nitrogens is 5. The van der Waals surface area contributed by atoms with E-state index in [1.807, 2.05) is 42.2 Å². The molecule has 5 rings (SSSR count). The van der Waals surface area contributed by atoms with Crippen LogP contribution in [-0.2, 0) is 6.42 Å². The van der Waals surface area contributed by atoms with Crippen molar-refractivity contribution < 1.29 is 4.79 Å². The Balaban J connectivity index is 1.29. The molecule has 7 nitrogen and oxygen atoms in total. The molecule has 1 aliphatic rings. The monoisotopic (exact) mass is 460 g/mol. The van der Waals surface area contributed by atoms with Gasteiger partial charge in [-0.25, -0.2) is 0 Å². The first kappa shape index (κ1) is 21.9. The predicted octanol–water partition coefficient (Wildman–Crippen LogP) is 4.73. The molecule has 3 aromatic heterocycles. The van der Waals surface area contributed by atoms with Crippen LogP contribution in [-0.4, -0.2) is 54.8 Å². The van der Waals surface area contributed by atoms with Gasteiger partial charge in [-0.3, -0.25) is 14.5 Å². The van der Waals surface area contributed by atoms with Crippen molar-refractivity contribution in [3.8, 4) is 10.6 Å². The zero-order chi connectivity index (χ0) is 22.9. The van der Waals surface area contributed by atoms with Crippen LogP contribution >= 0.6 is 11.3 Å². The molecule has 0 bridgehead atoms. The predicted molar refractivity (Wildman–Crippen MR) is 131 cm³/mol. The first-order valence-corrected chi connectivity index (χ1v) is 12.3. The Hall–Kier alpha value is -2.97. The summed E-state index contributed by atoms with van der Waals surface area (Å²) in [4.78, 5) is 20.0. The van der Waals surface area contributed by atoms with Gasteiger partial charge in [0.15, 0.2) is 5.78 Å². The number of hydrogen-bond donors (Lipinski definition) is 0. The van der Waals surface area contributed by atoms with Crippen LogP contribution in [0.2, 0.25) is 0 Å². The summed E-state index contributed by atoms with van der Waals surface area (Å²) in [7, 11) is 0. The van der Waals surface area contributed by atoms with Gasteiger partial charge in [-0.15, -0.1) is 10.2 Å². The Morgan fingerprint density at radius 2 is 1.94 bits per heavy atom. The van der Waals surface area contributed by atoms with Gasteiger partial charge in [0.05, 0.1) is 24.2 Å². The fraction of sp³-hybridized carbons (Fsp3) is 0.400. The summed E-state index contributed by atoms with van der Waals surface area (Å²) in [5, 5.41) is 16.8. The van der Waals surface area contributed by atoms with Crippen molar-refractivity contribution in [2.24, 2.45) is 0 Å². The second-order valence-corrected chi connectivity index (χ2v) is 10.2. The molecule has 0 N–H and O–H groups in total. The van der Waals surface area contributed by atoms with Gasteiger partial charge in [-0.05, 0) is 51.1 Å². The standard InChI is InChI=1S/C25H28N6OS/c1-16(2)30-8-6-23(7-9-30)31-15-21(14-27-31)24(32)12-22-11-20-10-18(4-5-19(20)13-26-22)25-29-28-17(3)33-25/h4-5,10-11,13-16,23H,6-9,12H2,1-3H3. The van der Waals surface area contributed by atoms with Gasteiger partial charge in [-0.2, -0.15) is 5.10 Å². The zero-order valence-electron chi connectivity index (χ0n) is 19.2. The minimum Gasteiger partial charge on any atom is -0.301 e. The molecule has 33 heavy (non-hydrogen) atoms. The van der Waals surface area contributed by atoms with Gasteiger partial charge in [0.2, 0.25) is 0 Å². The lowest BCUT2D eigenvalue weighted by atomic mass is 10.0. The second-order valence-electron chi connectivity index (χ2n) is 9.03. The van der Waals surface area contributed by atoms with E-state index in [9.17, 15) is 4.79 Å². The number of ketones is 1. The minimum absolute atomic E-state index is 0.0450. The number of fused-ring (bicyclic) bond motifs is 1. The Morgan fingerprint density at radius 1 is 1.12 bits per heavy atom. The largest absolute Gasteiger partial charge is 0.301 e. The molecule has 0 spiro atoms. The number of nitrogens with zero attached hydrogens (tertiary/aromatic N) is 6. The van der Waals surface area contributed by atoms with Gasteiger partial charge >= 0.3 is 0 Å². The number of Topliss-reactive ketones (excluding diaryl/α,β-unsaturated/α-hetero) is 1. The van der Waals surface area contributed by atoms with Crippen LogP contribution in [0.1, 0.15) is 53.8 Å². The molecule has 4 aromatic rings. The third-order valence-electron chi connectivity index (χ3n) is 6.42. The van der Waals surface area contributed by atoms with Crippen molar-refractivity contribution in [3.63, 3.8) is 0 Å². The first-order valence-electron chi connectivity index (χ1n) is 11.5. The fourth-order valence-corrected chi connectivity index (χ4v) is 5.13. The second kappa shape index (κ2) is 9.11. The highest BCUT2D eigenvalue weighted by molar-refractivity contribution is 7.14. The van der Waals surface area contributed by atoms with Gasteiger partial charge in [0.1, 0.15) is 10.0 Å². The fourth-order valence-electron chi connectivity index (χ4n) is 4.44. The summed E-state index contributed by atoms with van der Waals surface area (Å²) >= 11 is 1.57. The van der Waals surface area contributed by atoms with Gasteiger partial charge in [0, 0.05) is 48.2 Å². The lowest BCUT2D eigenvalue weighted by Crippen LogP contribution is -2.39. The molecule has 1 aromatic carbocycles. The lowest BCUT2D eigenvalue weighted by molar-refractivity contribution is 0.0991. The minimum atomic E-state index is 0.0450. The number of aryl methyl sites for hydroxylation is 1. The highest BCUT2D eigenvalue weighted by Crippen LogP contribution is 2.27. The maximum Gasteiger partial charge on any atom is 0.171 e. The van der Waals surface area contributed by atoms with E-state index in [4.69, 9.17) is 0 Å². The highest BCUT2D eigenvalue weighted by Gasteiger charge is 2.23. The topological polar surface area (TPSA) is 76.8 Å². The van der Waals surface area contributed by atoms with Gasteiger partial charge in [0.25, 0.3) is 0 Å². The van der Waals surface area contributed by atoms with E-state index in [0.717, 1.165) is 58.0 Å². The molecule has 0 unspecified atom stereocenters. The summed E-state index contributed by atoms with van der Waals surface area (Å²) in [5.41, 5.74) is 2.44. The number of benzene rings is 1. The Morgan fingerprint density at radius 3 is 2.67 bits per heavy atom. The molecule has 1 saturated heterocycles. The van der Waals surface area contributed by atoms with Crippen molar-refractivity contribution in [1.82, 2.24) is 29.9 Å². The summed E-state index contributed by atoms with van der Waals surface area (Å²) in [6.45, 7) is 8.58. The molecule has 1 fully saturated rings. The molecule has 0 aliphatic carbocycles. The van der Waals surface area contributed by atoms with E-state index in [-0.39, 0.29) is 12.2 Å². The SMILES string of the molecule is Cc1nnc(-c2ccc3cnc(CC(=O)c4cnn(C5CCN(C(C)C)CC5)c4)cc3c2)s1. The Labute approximate surface area is 197 Å². The maximum absolute atomic E-state index is 13.0. The van der Waals surface area contributed by atoms with Crippen LogP contribution in [0.3, 0.4) is 0 Å². The van der Waals surface area contributed by atoms with Crippen LogP contribution in [0.5, 0.6) is 0 Å². The number of likely N-dealkylation sites (tertiary alicyclic amines) is 1. The molecule has 8 heteroatoms. The van der Waals surface area contributed by atoms with E-state index in [1.54, 1.807) is 17.5 Å². The number of pyridine rings is 1. The maximum atomic E-state index is 13.0. The molecule has 1 aliphatic heterocycles. The van der Waals surface area contributed by atoms with Crippen molar-refractivity contribution in [2.45, 2.75) is 52.1 Å². The molecule has 0 atom stereocenters. The van der Waals surface area contributed by atoms with Gasteiger partial charge in [-0.1, -0.05) is 23.5 Å². The summed E-state index contributed by atoms with van der Waals surface area (Å²) in [6, 6.07) is 9.10. The highest BCUT2D eigenvalue weighted by atomic mass is 32.1.